The first kappa shape index (κ1) is 22.2. The summed E-state index contributed by atoms with van der Waals surface area (Å²) in [6, 6.07) is 17.2. The third-order valence-corrected chi connectivity index (χ3v) is 7.13. The average molecular weight is 483 g/mol. The Hall–Kier alpha value is -3.59. The van der Waals surface area contributed by atoms with Crippen LogP contribution < -0.4 is 14.2 Å². The summed E-state index contributed by atoms with van der Waals surface area (Å²) in [6.45, 7) is 0.962. The summed E-state index contributed by atoms with van der Waals surface area (Å²) in [6.07, 6.45) is 1.77. The Kier molecular flexibility index (Phi) is 5.87. The number of sulfonamides is 1. The number of halogens is 1. The van der Waals surface area contributed by atoms with Crippen LogP contribution in [0.4, 0.5) is 10.1 Å². The number of carbonyl (C=O) groups is 1. The molecule has 1 N–H and O–H groups in total. The Labute approximate surface area is 197 Å². The highest BCUT2D eigenvalue weighted by atomic mass is 32.2. The Morgan fingerprint density at radius 3 is 2.38 bits per heavy atom. The fourth-order valence-corrected chi connectivity index (χ4v) is 4.89. The van der Waals surface area contributed by atoms with E-state index in [1.807, 2.05) is 0 Å². The minimum atomic E-state index is -3.87. The zero-order valence-electron chi connectivity index (χ0n) is 18.2. The summed E-state index contributed by atoms with van der Waals surface area (Å²) in [4.78, 5) is 14.9. The average Bonchev–Trinajstić information content (AvgIpc) is 3.68. The zero-order valence-corrected chi connectivity index (χ0v) is 19.1. The predicted molar refractivity (Wildman–Crippen MR) is 124 cm³/mol. The van der Waals surface area contributed by atoms with E-state index >= 15 is 0 Å². The van der Waals surface area contributed by atoms with Crippen LogP contribution in [0.3, 0.4) is 0 Å². The maximum Gasteiger partial charge on any atom is 0.262 e. The van der Waals surface area contributed by atoms with E-state index in [1.165, 1.54) is 30.3 Å². The molecule has 1 aliphatic carbocycles. The van der Waals surface area contributed by atoms with Gasteiger partial charge < -0.3 is 14.4 Å². The van der Waals surface area contributed by atoms with Gasteiger partial charge in [-0.15, -0.1) is 0 Å². The molecule has 7 nitrogen and oxygen atoms in total. The third kappa shape index (κ3) is 4.70. The van der Waals surface area contributed by atoms with Gasteiger partial charge in [0.1, 0.15) is 19.0 Å². The highest BCUT2D eigenvalue weighted by molar-refractivity contribution is 7.92. The zero-order chi connectivity index (χ0) is 23.7. The van der Waals surface area contributed by atoms with Crippen LogP contribution in [0.2, 0.25) is 0 Å². The van der Waals surface area contributed by atoms with Crippen LogP contribution in [-0.2, 0) is 16.6 Å². The van der Waals surface area contributed by atoms with Crippen LogP contribution in [0.15, 0.2) is 71.6 Å². The van der Waals surface area contributed by atoms with E-state index in [4.69, 9.17) is 9.47 Å². The van der Waals surface area contributed by atoms with E-state index < -0.39 is 10.0 Å². The van der Waals surface area contributed by atoms with E-state index in [1.54, 1.807) is 41.3 Å². The van der Waals surface area contributed by atoms with Crippen molar-refractivity contribution in [2.45, 2.75) is 30.3 Å². The van der Waals surface area contributed by atoms with Crippen molar-refractivity contribution in [3.8, 4) is 11.5 Å². The second kappa shape index (κ2) is 8.98. The highest BCUT2D eigenvalue weighted by Gasteiger charge is 2.33. The number of nitrogens with zero attached hydrogens (tertiary/aromatic N) is 1. The van der Waals surface area contributed by atoms with Gasteiger partial charge in [0.2, 0.25) is 0 Å². The lowest BCUT2D eigenvalue weighted by Crippen LogP contribution is -2.32. The third-order valence-electron chi connectivity index (χ3n) is 5.76. The summed E-state index contributed by atoms with van der Waals surface area (Å²) in [5, 5.41) is 0. The standard InChI is InChI=1S/C25H23FN2O5S/c26-22-4-2-1-3-18(22)16-28(20-9-10-20)25(29)17-5-7-19(8-6-17)27-34(30,31)21-11-12-23-24(15-21)33-14-13-32-23/h1-8,11-12,15,20,27H,9-10,13-14,16H2. The van der Waals surface area contributed by atoms with E-state index in [9.17, 15) is 17.6 Å². The molecular weight excluding hydrogens is 459 g/mol. The smallest absolute Gasteiger partial charge is 0.262 e. The summed E-state index contributed by atoms with van der Waals surface area (Å²) in [7, 11) is -3.87. The second-order valence-corrected chi connectivity index (χ2v) is 9.93. The van der Waals surface area contributed by atoms with Crippen molar-refractivity contribution in [2.24, 2.45) is 0 Å². The first-order valence-electron chi connectivity index (χ1n) is 11.0. The van der Waals surface area contributed by atoms with Gasteiger partial charge in [-0.25, -0.2) is 12.8 Å². The first-order chi connectivity index (χ1) is 16.4. The number of amides is 1. The molecule has 34 heavy (non-hydrogen) atoms. The van der Waals surface area contributed by atoms with E-state index in [-0.39, 0.29) is 29.2 Å². The van der Waals surface area contributed by atoms with Crippen LogP contribution in [0, 0.1) is 5.82 Å². The number of fused-ring (bicyclic) bond motifs is 1. The van der Waals surface area contributed by atoms with Gasteiger partial charge in [-0.1, -0.05) is 18.2 Å². The first-order valence-corrected chi connectivity index (χ1v) is 12.5. The van der Waals surface area contributed by atoms with Crippen molar-refractivity contribution in [3.63, 3.8) is 0 Å². The number of carbonyl (C=O) groups excluding carboxylic acids is 1. The molecule has 0 bridgehead atoms. The molecule has 1 saturated carbocycles. The maximum atomic E-state index is 14.1. The number of hydrogen-bond acceptors (Lipinski definition) is 5. The maximum absolute atomic E-state index is 14.1. The summed E-state index contributed by atoms with van der Waals surface area (Å²) in [5.41, 5.74) is 1.19. The molecule has 0 saturated heterocycles. The van der Waals surface area contributed by atoms with Crippen molar-refractivity contribution < 1.29 is 27.1 Å². The number of hydrogen-bond donors (Lipinski definition) is 1. The van der Waals surface area contributed by atoms with Gasteiger partial charge in [0.15, 0.2) is 11.5 Å². The molecule has 0 aromatic heterocycles. The number of benzene rings is 3. The van der Waals surface area contributed by atoms with Gasteiger partial charge in [-0.2, -0.15) is 0 Å². The SMILES string of the molecule is O=C(c1ccc(NS(=O)(=O)c2ccc3c(c2)OCCO3)cc1)N(Cc1ccccc1F)C1CC1. The largest absolute Gasteiger partial charge is 0.486 e. The normalized spacial score (nSPS) is 15.0. The molecule has 0 atom stereocenters. The van der Waals surface area contributed by atoms with Crippen molar-refractivity contribution in [1.82, 2.24) is 4.90 Å². The molecule has 1 aliphatic heterocycles. The van der Waals surface area contributed by atoms with Crippen molar-refractivity contribution >= 4 is 21.6 Å². The Morgan fingerprint density at radius 2 is 1.68 bits per heavy atom. The lowest BCUT2D eigenvalue weighted by Gasteiger charge is -2.23. The van der Waals surface area contributed by atoms with E-state index in [2.05, 4.69) is 4.72 Å². The molecule has 0 unspecified atom stereocenters. The minimum absolute atomic E-state index is 0.0432. The quantitative estimate of drug-likeness (QED) is 0.546. The molecule has 0 spiro atoms. The van der Waals surface area contributed by atoms with Crippen LogP contribution in [-0.4, -0.2) is 38.5 Å². The number of ether oxygens (including phenoxy) is 2. The number of rotatable bonds is 7. The van der Waals surface area contributed by atoms with Crippen molar-refractivity contribution in [2.75, 3.05) is 17.9 Å². The molecule has 1 amide bonds. The number of anilines is 1. The summed E-state index contributed by atoms with van der Waals surface area (Å²) in [5.74, 6) is 0.325. The molecule has 1 fully saturated rings. The van der Waals surface area contributed by atoms with Crippen LogP contribution in [0.5, 0.6) is 11.5 Å². The molecule has 1 heterocycles. The van der Waals surface area contributed by atoms with Crippen molar-refractivity contribution in [1.29, 1.82) is 0 Å². The molecule has 0 radical (unpaired) electrons. The minimum Gasteiger partial charge on any atom is -0.486 e. The van der Waals surface area contributed by atoms with Gasteiger partial charge in [0, 0.05) is 35.5 Å². The highest BCUT2D eigenvalue weighted by Crippen LogP contribution is 2.33. The fourth-order valence-electron chi connectivity index (χ4n) is 3.81. The molecule has 3 aromatic carbocycles. The van der Waals surface area contributed by atoms with Gasteiger partial charge in [-0.05, 0) is 55.3 Å². The predicted octanol–water partition coefficient (Wildman–Crippen LogP) is 4.20. The molecule has 2 aliphatic rings. The van der Waals surface area contributed by atoms with Crippen LogP contribution >= 0.6 is 0 Å². The molecule has 5 rings (SSSR count). The van der Waals surface area contributed by atoms with E-state index in [0.29, 0.717) is 41.5 Å². The lowest BCUT2D eigenvalue weighted by atomic mass is 10.1. The Balaban J connectivity index is 1.31. The van der Waals surface area contributed by atoms with Crippen molar-refractivity contribution in [3.05, 3.63) is 83.7 Å². The molecule has 3 aromatic rings. The van der Waals surface area contributed by atoms with Gasteiger partial charge >= 0.3 is 0 Å². The Bertz CT molecular complexity index is 1320. The Morgan fingerprint density at radius 1 is 0.971 bits per heavy atom. The van der Waals surface area contributed by atoms with Gasteiger partial charge in [0.05, 0.1) is 4.90 Å². The molecular formula is C25H23FN2O5S. The molecule has 9 heteroatoms. The van der Waals surface area contributed by atoms with Gasteiger partial charge in [-0.3, -0.25) is 9.52 Å². The second-order valence-electron chi connectivity index (χ2n) is 8.24. The van der Waals surface area contributed by atoms with Crippen LogP contribution in [0.25, 0.3) is 0 Å². The lowest BCUT2D eigenvalue weighted by molar-refractivity contribution is 0.0728. The fraction of sp³-hybridized carbons (Fsp3) is 0.240. The van der Waals surface area contributed by atoms with E-state index in [0.717, 1.165) is 12.8 Å². The van der Waals surface area contributed by atoms with Crippen LogP contribution in [0.1, 0.15) is 28.8 Å². The summed E-state index contributed by atoms with van der Waals surface area (Å²) >= 11 is 0. The number of nitrogens with one attached hydrogen (secondary N) is 1. The van der Waals surface area contributed by atoms with Gasteiger partial charge in [0.25, 0.3) is 15.9 Å². The molecule has 176 valence electrons. The monoisotopic (exact) mass is 482 g/mol. The summed E-state index contributed by atoms with van der Waals surface area (Å²) < 4.78 is 53.2. The topological polar surface area (TPSA) is 84.9 Å².